The molecule has 1 fully saturated rings. The van der Waals surface area contributed by atoms with E-state index in [2.05, 4.69) is 15.3 Å². The molecule has 2 aromatic rings. The minimum Gasteiger partial charge on any atom is -0.493 e. The molecule has 1 saturated heterocycles. The van der Waals surface area contributed by atoms with Crippen LogP contribution >= 0.6 is 0 Å². The molecule has 1 N–H and O–H groups in total. The average molecular weight is 374 g/mol. The number of hydrogen-bond acceptors (Lipinski definition) is 6. The van der Waals surface area contributed by atoms with Crippen molar-refractivity contribution in [3.05, 3.63) is 41.7 Å². The third kappa shape index (κ3) is 5.21. The quantitative estimate of drug-likeness (QED) is 0.747. The van der Waals surface area contributed by atoms with Crippen LogP contribution in [-0.2, 0) is 17.8 Å². The SMILES string of the molecule is COc1ccc(CNC(=O)c2cnn(CCN3CCOCC3)c2)cc1OC. The zero-order valence-corrected chi connectivity index (χ0v) is 15.8. The molecule has 146 valence electrons. The Morgan fingerprint density at radius 2 is 1.96 bits per heavy atom. The number of benzene rings is 1. The lowest BCUT2D eigenvalue weighted by Crippen LogP contribution is -2.38. The standard InChI is InChI=1S/C19H26N4O4/c1-25-17-4-3-15(11-18(17)26-2)12-20-19(24)16-13-21-23(14-16)6-5-22-7-9-27-10-8-22/h3-4,11,13-14H,5-10,12H2,1-2H3,(H,20,24). The summed E-state index contributed by atoms with van der Waals surface area (Å²) < 4.78 is 17.7. The molecule has 0 bridgehead atoms. The molecule has 1 amide bonds. The Bertz CT molecular complexity index is 756. The predicted molar refractivity (Wildman–Crippen MR) is 100 cm³/mol. The van der Waals surface area contributed by atoms with Crippen LogP contribution in [0.5, 0.6) is 11.5 Å². The Morgan fingerprint density at radius 3 is 2.70 bits per heavy atom. The highest BCUT2D eigenvalue weighted by molar-refractivity contribution is 5.93. The molecule has 1 aliphatic heterocycles. The fourth-order valence-electron chi connectivity index (χ4n) is 2.95. The van der Waals surface area contributed by atoms with E-state index in [-0.39, 0.29) is 5.91 Å². The minimum absolute atomic E-state index is 0.151. The van der Waals surface area contributed by atoms with Gasteiger partial charge in [-0.25, -0.2) is 0 Å². The van der Waals surface area contributed by atoms with Crippen LogP contribution in [0, 0.1) is 0 Å². The topological polar surface area (TPSA) is 77.9 Å². The molecular weight excluding hydrogens is 348 g/mol. The van der Waals surface area contributed by atoms with Gasteiger partial charge in [0.2, 0.25) is 0 Å². The average Bonchev–Trinajstić information content (AvgIpc) is 3.20. The van der Waals surface area contributed by atoms with Crippen LogP contribution in [-0.4, -0.2) is 67.7 Å². The molecule has 27 heavy (non-hydrogen) atoms. The number of rotatable bonds is 8. The summed E-state index contributed by atoms with van der Waals surface area (Å²) in [7, 11) is 3.18. The molecule has 0 spiro atoms. The summed E-state index contributed by atoms with van der Waals surface area (Å²) in [6.07, 6.45) is 3.38. The summed E-state index contributed by atoms with van der Waals surface area (Å²) in [5.41, 5.74) is 1.48. The Labute approximate surface area is 159 Å². The predicted octanol–water partition coefficient (Wildman–Crippen LogP) is 1.16. The first-order chi connectivity index (χ1) is 13.2. The molecule has 1 aliphatic rings. The molecule has 0 unspecified atom stereocenters. The van der Waals surface area contributed by atoms with E-state index in [1.54, 1.807) is 31.3 Å². The Hall–Kier alpha value is -2.58. The molecule has 0 saturated carbocycles. The van der Waals surface area contributed by atoms with E-state index in [4.69, 9.17) is 14.2 Å². The lowest BCUT2D eigenvalue weighted by Gasteiger charge is -2.26. The van der Waals surface area contributed by atoms with Crippen LogP contribution in [0.15, 0.2) is 30.6 Å². The number of nitrogens with zero attached hydrogens (tertiary/aromatic N) is 3. The normalized spacial score (nSPS) is 14.7. The molecule has 2 heterocycles. The van der Waals surface area contributed by atoms with Crippen molar-refractivity contribution in [3.8, 4) is 11.5 Å². The van der Waals surface area contributed by atoms with E-state index >= 15 is 0 Å². The Morgan fingerprint density at radius 1 is 1.19 bits per heavy atom. The zero-order valence-electron chi connectivity index (χ0n) is 15.8. The summed E-state index contributed by atoms with van der Waals surface area (Å²) in [5, 5.41) is 7.20. The lowest BCUT2D eigenvalue weighted by atomic mass is 10.2. The van der Waals surface area contributed by atoms with E-state index in [9.17, 15) is 4.79 Å². The number of morpholine rings is 1. The summed E-state index contributed by atoms with van der Waals surface area (Å²) in [4.78, 5) is 14.7. The van der Waals surface area contributed by atoms with Gasteiger partial charge < -0.3 is 19.5 Å². The van der Waals surface area contributed by atoms with Crippen molar-refractivity contribution in [2.24, 2.45) is 0 Å². The van der Waals surface area contributed by atoms with Gasteiger partial charge in [-0.3, -0.25) is 14.4 Å². The van der Waals surface area contributed by atoms with Gasteiger partial charge in [0.1, 0.15) is 0 Å². The highest BCUT2D eigenvalue weighted by Crippen LogP contribution is 2.27. The molecule has 1 aromatic carbocycles. The number of methoxy groups -OCH3 is 2. The van der Waals surface area contributed by atoms with Crippen LogP contribution < -0.4 is 14.8 Å². The number of ether oxygens (including phenoxy) is 3. The highest BCUT2D eigenvalue weighted by atomic mass is 16.5. The van der Waals surface area contributed by atoms with Crippen molar-refractivity contribution in [1.29, 1.82) is 0 Å². The number of nitrogens with one attached hydrogen (secondary N) is 1. The van der Waals surface area contributed by atoms with Crippen LogP contribution in [0.1, 0.15) is 15.9 Å². The largest absolute Gasteiger partial charge is 0.493 e. The van der Waals surface area contributed by atoms with Crippen molar-refractivity contribution in [2.45, 2.75) is 13.1 Å². The second kappa shape index (κ2) is 9.38. The molecule has 8 nitrogen and oxygen atoms in total. The van der Waals surface area contributed by atoms with Crippen LogP contribution in [0.4, 0.5) is 0 Å². The van der Waals surface area contributed by atoms with E-state index in [0.717, 1.165) is 45.0 Å². The van der Waals surface area contributed by atoms with Gasteiger partial charge in [-0.1, -0.05) is 6.07 Å². The van der Waals surface area contributed by atoms with Crippen molar-refractivity contribution >= 4 is 5.91 Å². The third-order valence-electron chi connectivity index (χ3n) is 4.55. The molecular formula is C19H26N4O4. The van der Waals surface area contributed by atoms with Crippen LogP contribution in [0.3, 0.4) is 0 Å². The maximum Gasteiger partial charge on any atom is 0.254 e. The first-order valence-corrected chi connectivity index (χ1v) is 9.01. The number of aromatic nitrogens is 2. The van der Waals surface area contributed by atoms with Crippen molar-refractivity contribution in [2.75, 3.05) is 47.1 Å². The van der Waals surface area contributed by atoms with Gasteiger partial charge in [-0.2, -0.15) is 5.10 Å². The van der Waals surface area contributed by atoms with E-state index in [1.807, 2.05) is 18.2 Å². The van der Waals surface area contributed by atoms with E-state index in [1.165, 1.54) is 0 Å². The highest BCUT2D eigenvalue weighted by Gasteiger charge is 2.12. The lowest BCUT2D eigenvalue weighted by molar-refractivity contribution is 0.0359. The molecule has 0 radical (unpaired) electrons. The van der Waals surface area contributed by atoms with Gasteiger partial charge in [0.05, 0.1) is 45.7 Å². The zero-order chi connectivity index (χ0) is 19.1. The van der Waals surface area contributed by atoms with Crippen molar-refractivity contribution in [3.63, 3.8) is 0 Å². The summed E-state index contributed by atoms with van der Waals surface area (Å²) >= 11 is 0. The van der Waals surface area contributed by atoms with Gasteiger partial charge >= 0.3 is 0 Å². The first kappa shape index (κ1) is 19.2. The molecule has 8 heteroatoms. The monoisotopic (exact) mass is 374 g/mol. The van der Waals surface area contributed by atoms with Crippen LogP contribution in [0.2, 0.25) is 0 Å². The molecule has 0 aliphatic carbocycles. The summed E-state index contributed by atoms with van der Waals surface area (Å²) in [5.74, 6) is 1.15. The van der Waals surface area contributed by atoms with Gasteiger partial charge in [0, 0.05) is 32.4 Å². The van der Waals surface area contributed by atoms with Crippen LogP contribution in [0.25, 0.3) is 0 Å². The number of carbonyl (C=O) groups excluding carboxylic acids is 1. The van der Waals surface area contributed by atoms with Crippen molar-refractivity contribution in [1.82, 2.24) is 20.0 Å². The number of amides is 1. The van der Waals surface area contributed by atoms with Gasteiger partial charge in [0.15, 0.2) is 11.5 Å². The van der Waals surface area contributed by atoms with Gasteiger partial charge in [-0.15, -0.1) is 0 Å². The fourth-order valence-corrected chi connectivity index (χ4v) is 2.95. The Balaban J connectivity index is 1.50. The minimum atomic E-state index is -0.151. The second-order valence-electron chi connectivity index (χ2n) is 6.32. The summed E-state index contributed by atoms with van der Waals surface area (Å²) in [6.45, 7) is 5.50. The number of carbonyl (C=O) groups is 1. The maximum absolute atomic E-state index is 12.4. The fraction of sp³-hybridized carbons (Fsp3) is 0.474. The second-order valence-corrected chi connectivity index (χ2v) is 6.32. The van der Waals surface area contributed by atoms with Gasteiger partial charge in [-0.05, 0) is 17.7 Å². The number of hydrogen-bond donors (Lipinski definition) is 1. The molecule has 3 rings (SSSR count). The molecule has 0 atom stereocenters. The third-order valence-corrected chi connectivity index (χ3v) is 4.55. The van der Waals surface area contributed by atoms with E-state index < -0.39 is 0 Å². The summed E-state index contributed by atoms with van der Waals surface area (Å²) in [6, 6.07) is 5.57. The van der Waals surface area contributed by atoms with Gasteiger partial charge in [0.25, 0.3) is 5.91 Å². The molecule has 1 aromatic heterocycles. The van der Waals surface area contributed by atoms with E-state index in [0.29, 0.717) is 23.6 Å². The first-order valence-electron chi connectivity index (χ1n) is 9.01. The maximum atomic E-state index is 12.4. The Kier molecular flexibility index (Phi) is 6.67. The van der Waals surface area contributed by atoms with Crippen molar-refractivity contribution < 1.29 is 19.0 Å². The smallest absolute Gasteiger partial charge is 0.254 e.